The number of hydrogen-bond donors (Lipinski definition) is 2. The Hall–Kier alpha value is -2.03. The molecule has 5 nitrogen and oxygen atoms in total. The van der Waals surface area contributed by atoms with Crippen LogP contribution in [0.15, 0.2) is 41.3 Å². The van der Waals surface area contributed by atoms with Crippen molar-refractivity contribution in [3.8, 4) is 5.75 Å². The molecule has 1 saturated heterocycles. The van der Waals surface area contributed by atoms with Crippen LogP contribution in [0.1, 0.15) is 23.5 Å². The quantitative estimate of drug-likeness (QED) is 0.816. The first-order valence-corrected chi connectivity index (χ1v) is 10.1. The minimum atomic E-state index is -3.87. The summed E-state index contributed by atoms with van der Waals surface area (Å²) < 4.78 is 60.8. The van der Waals surface area contributed by atoms with Crippen LogP contribution in [-0.2, 0) is 10.0 Å². The molecular formula is C19H22F2N2O3S. The maximum atomic E-state index is 13.7. The fraction of sp³-hybridized carbons (Fsp3) is 0.368. The van der Waals surface area contributed by atoms with Crippen LogP contribution in [0.3, 0.4) is 0 Å². The van der Waals surface area contributed by atoms with E-state index in [9.17, 15) is 17.2 Å². The lowest BCUT2D eigenvalue weighted by atomic mass is 9.86. The topological polar surface area (TPSA) is 67.4 Å². The average Bonchev–Trinajstić information content (AvgIpc) is 2.64. The van der Waals surface area contributed by atoms with Gasteiger partial charge in [0.05, 0.1) is 7.11 Å². The van der Waals surface area contributed by atoms with Gasteiger partial charge in [0.15, 0.2) is 11.6 Å². The highest BCUT2D eigenvalue weighted by Gasteiger charge is 2.32. The van der Waals surface area contributed by atoms with Crippen molar-refractivity contribution in [2.45, 2.75) is 30.2 Å². The monoisotopic (exact) mass is 396 g/mol. The van der Waals surface area contributed by atoms with Crippen molar-refractivity contribution in [1.29, 1.82) is 0 Å². The van der Waals surface area contributed by atoms with Crippen LogP contribution < -0.4 is 14.8 Å². The number of hydrogen-bond acceptors (Lipinski definition) is 4. The molecule has 2 aromatic rings. The van der Waals surface area contributed by atoms with Crippen LogP contribution >= 0.6 is 0 Å². The summed E-state index contributed by atoms with van der Waals surface area (Å²) in [6.07, 6.45) is 0.600. The Morgan fingerprint density at radius 2 is 1.93 bits per heavy atom. The zero-order chi connectivity index (χ0) is 19.6. The van der Waals surface area contributed by atoms with E-state index in [1.165, 1.54) is 13.2 Å². The summed E-state index contributed by atoms with van der Waals surface area (Å²) >= 11 is 0. The Morgan fingerprint density at radius 1 is 1.15 bits per heavy atom. The Kier molecular flexibility index (Phi) is 5.78. The summed E-state index contributed by atoms with van der Waals surface area (Å²) in [5.41, 5.74) is 1.36. The Morgan fingerprint density at radius 3 is 2.63 bits per heavy atom. The van der Waals surface area contributed by atoms with E-state index in [-0.39, 0.29) is 16.6 Å². The fourth-order valence-corrected chi connectivity index (χ4v) is 4.91. The standard InChI is InChI=1S/C19H22F2N2O3S/c1-12-3-6-18(26-2)19(9-12)27(24,25)23-17-11-22-8-7-14(17)13-4-5-15(20)16(21)10-13/h3-6,9-10,14,17,22-23H,7-8,11H2,1-2H3. The number of piperidine rings is 1. The molecule has 0 radical (unpaired) electrons. The van der Waals surface area contributed by atoms with E-state index in [2.05, 4.69) is 10.0 Å². The second-order valence-corrected chi connectivity index (χ2v) is 8.34. The molecule has 2 aromatic carbocycles. The van der Waals surface area contributed by atoms with Gasteiger partial charge in [0.2, 0.25) is 10.0 Å². The molecule has 0 spiro atoms. The SMILES string of the molecule is COc1ccc(C)cc1S(=O)(=O)NC1CNCCC1c1ccc(F)c(F)c1. The molecule has 3 rings (SSSR count). The van der Waals surface area contributed by atoms with Gasteiger partial charge in [-0.05, 0) is 55.3 Å². The normalized spacial score (nSPS) is 20.4. The van der Waals surface area contributed by atoms with Gasteiger partial charge < -0.3 is 10.1 Å². The van der Waals surface area contributed by atoms with Crippen LogP contribution in [0.4, 0.5) is 8.78 Å². The first-order chi connectivity index (χ1) is 12.8. The average molecular weight is 396 g/mol. The highest BCUT2D eigenvalue weighted by Crippen LogP contribution is 2.30. The molecule has 1 fully saturated rings. The predicted octanol–water partition coefficient (Wildman–Crippen LogP) is 2.71. The third-order valence-electron chi connectivity index (χ3n) is 4.77. The molecule has 1 aliphatic rings. The molecule has 2 N–H and O–H groups in total. The molecule has 0 bridgehead atoms. The minimum absolute atomic E-state index is 0.0552. The van der Waals surface area contributed by atoms with E-state index in [0.29, 0.717) is 25.1 Å². The van der Waals surface area contributed by atoms with E-state index < -0.39 is 27.7 Å². The maximum absolute atomic E-state index is 13.7. The lowest BCUT2D eigenvalue weighted by Gasteiger charge is -2.33. The van der Waals surface area contributed by atoms with Gasteiger partial charge in [-0.25, -0.2) is 21.9 Å². The Bertz CT molecular complexity index is 935. The van der Waals surface area contributed by atoms with Crippen LogP contribution in [0.25, 0.3) is 0 Å². The number of aryl methyl sites for hydroxylation is 1. The summed E-state index contributed by atoms with van der Waals surface area (Å²) in [6, 6.07) is 8.13. The summed E-state index contributed by atoms with van der Waals surface area (Å²) in [6.45, 7) is 2.84. The zero-order valence-corrected chi connectivity index (χ0v) is 15.9. The molecular weight excluding hydrogens is 374 g/mol. The lowest BCUT2D eigenvalue weighted by Crippen LogP contribution is -2.50. The smallest absolute Gasteiger partial charge is 0.244 e. The summed E-state index contributed by atoms with van der Waals surface area (Å²) in [5, 5.41) is 3.15. The van der Waals surface area contributed by atoms with E-state index >= 15 is 0 Å². The Balaban J connectivity index is 1.92. The highest BCUT2D eigenvalue weighted by molar-refractivity contribution is 7.89. The van der Waals surface area contributed by atoms with Crippen molar-refractivity contribution in [2.24, 2.45) is 0 Å². The lowest BCUT2D eigenvalue weighted by molar-refractivity contribution is 0.374. The first-order valence-electron chi connectivity index (χ1n) is 8.64. The number of nitrogens with one attached hydrogen (secondary N) is 2. The largest absolute Gasteiger partial charge is 0.495 e. The number of halogens is 2. The van der Waals surface area contributed by atoms with Gasteiger partial charge in [-0.1, -0.05) is 12.1 Å². The molecule has 0 aromatic heterocycles. The van der Waals surface area contributed by atoms with Crippen molar-refractivity contribution < 1.29 is 21.9 Å². The molecule has 1 heterocycles. The molecule has 27 heavy (non-hydrogen) atoms. The van der Waals surface area contributed by atoms with Gasteiger partial charge in [-0.3, -0.25) is 0 Å². The number of sulfonamides is 1. The van der Waals surface area contributed by atoms with E-state index in [1.807, 2.05) is 0 Å². The van der Waals surface area contributed by atoms with Crippen LogP contribution in [-0.4, -0.2) is 34.7 Å². The van der Waals surface area contributed by atoms with Crippen molar-refractivity contribution >= 4 is 10.0 Å². The number of methoxy groups -OCH3 is 1. The van der Waals surface area contributed by atoms with Gasteiger partial charge in [-0.15, -0.1) is 0 Å². The van der Waals surface area contributed by atoms with Gasteiger partial charge in [0.1, 0.15) is 10.6 Å². The molecule has 146 valence electrons. The maximum Gasteiger partial charge on any atom is 0.244 e. The minimum Gasteiger partial charge on any atom is -0.495 e. The molecule has 2 atom stereocenters. The summed E-state index contributed by atoms with van der Waals surface area (Å²) in [4.78, 5) is 0.0552. The molecule has 8 heteroatoms. The molecule has 1 aliphatic heterocycles. The van der Waals surface area contributed by atoms with Crippen molar-refractivity contribution in [1.82, 2.24) is 10.0 Å². The van der Waals surface area contributed by atoms with E-state index in [1.54, 1.807) is 25.1 Å². The Labute approximate surface area is 157 Å². The van der Waals surface area contributed by atoms with E-state index in [0.717, 1.165) is 17.7 Å². The van der Waals surface area contributed by atoms with Crippen molar-refractivity contribution in [2.75, 3.05) is 20.2 Å². The first kappa shape index (κ1) is 19.7. The number of benzene rings is 2. The van der Waals surface area contributed by atoms with Gasteiger partial charge >= 0.3 is 0 Å². The number of rotatable bonds is 5. The third-order valence-corrected chi connectivity index (χ3v) is 6.28. The van der Waals surface area contributed by atoms with Crippen LogP contribution in [0.2, 0.25) is 0 Å². The van der Waals surface area contributed by atoms with Gasteiger partial charge in [0.25, 0.3) is 0 Å². The van der Waals surface area contributed by atoms with Crippen LogP contribution in [0, 0.1) is 18.6 Å². The third kappa shape index (κ3) is 4.28. The van der Waals surface area contributed by atoms with Crippen molar-refractivity contribution in [3.63, 3.8) is 0 Å². The second-order valence-electron chi connectivity index (χ2n) is 6.65. The number of ether oxygens (including phenoxy) is 1. The van der Waals surface area contributed by atoms with Gasteiger partial charge in [-0.2, -0.15) is 0 Å². The predicted molar refractivity (Wildman–Crippen MR) is 98.4 cm³/mol. The highest BCUT2D eigenvalue weighted by atomic mass is 32.2. The second kappa shape index (κ2) is 7.92. The van der Waals surface area contributed by atoms with Crippen LogP contribution in [0.5, 0.6) is 5.75 Å². The van der Waals surface area contributed by atoms with E-state index in [4.69, 9.17) is 4.74 Å². The molecule has 0 aliphatic carbocycles. The summed E-state index contributed by atoms with van der Waals surface area (Å²) in [5.74, 6) is -1.88. The molecule has 0 amide bonds. The fourth-order valence-electron chi connectivity index (χ4n) is 3.38. The van der Waals surface area contributed by atoms with Gasteiger partial charge in [0, 0.05) is 18.5 Å². The zero-order valence-electron chi connectivity index (χ0n) is 15.1. The molecule has 0 saturated carbocycles. The summed E-state index contributed by atoms with van der Waals surface area (Å²) in [7, 11) is -2.45. The van der Waals surface area contributed by atoms with Crippen molar-refractivity contribution in [3.05, 3.63) is 59.2 Å². The molecule has 2 unspecified atom stereocenters.